The van der Waals surface area contributed by atoms with Gasteiger partial charge in [-0.2, -0.15) is 0 Å². The van der Waals surface area contributed by atoms with Gasteiger partial charge in [-0.15, -0.1) is 0 Å². The zero-order valence-corrected chi connectivity index (χ0v) is 56.5. The maximum atomic E-state index is 9.73. The van der Waals surface area contributed by atoms with E-state index in [1.807, 2.05) is 0 Å². The molecule has 0 N–H and O–H groups in total. The predicted molar refractivity (Wildman–Crippen MR) is 337 cm³/mol. The Morgan fingerprint density at radius 1 is 0.486 bits per heavy atom. The van der Waals surface area contributed by atoms with Crippen LogP contribution in [0.4, 0.5) is 0 Å². The Balaban J connectivity index is 1.40. The predicted octanol–water partition coefficient (Wildman–Crippen LogP) is 14.9. The van der Waals surface area contributed by atoms with Crippen molar-refractivity contribution in [3.63, 3.8) is 0 Å². The molecule has 0 aromatic heterocycles. The molecular weight excluding hydrogens is 1070 g/mol. The number of fused-ring (bicyclic) bond motifs is 5. The second kappa shape index (κ2) is 18.8. The van der Waals surface area contributed by atoms with E-state index in [1.54, 1.807) is 20.7 Å². The molecule has 6 aromatic carbocycles. The summed E-state index contributed by atoms with van der Waals surface area (Å²) >= 11 is -5.83. The van der Waals surface area contributed by atoms with Gasteiger partial charge in [0.15, 0.2) is 0 Å². The van der Waals surface area contributed by atoms with E-state index in [0.29, 0.717) is 11.8 Å². The molecule has 2 atom stereocenters. The van der Waals surface area contributed by atoms with Crippen LogP contribution in [0.3, 0.4) is 0 Å². The van der Waals surface area contributed by atoms with E-state index in [9.17, 15) is 17.0 Å². The number of benzene rings is 6. The average Bonchev–Trinajstić information content (AvgIpc) is 3.96. The zero-order valence-electron chi connectivity index (χ0n) is 47.2. The molecule has 9 rings (SSSR count). The monoisotopic (exact) mass is 1150 g/mol. The third-order valence-electron chi connectivity index (χ3n) is 16.6. The molecule has 0 saturated heterocycles. The second-order valence-electron chi connectivity index (χ2n) is 27.4. The summed E-state index contributed by atoms with van der Waals surface area (Å²) in [6.07, 6.45) is 7.17. The van der Waals surface area contributed by atoms with E-state index in [2.05, 4.69) is 235 Å². The first-order chi connectivity index (χ1) is 33.4. The van der Waals surface area contributed by atoms with Crippen molar-refractivity contribution in [2.45, 2.75) is 140 Å². The van der Waals surface area contributed by atoms with E-state index < -0.39 is 58.2 Å². The number of hydrogen-bond acceptors (Lipinski definition) is 0. The molecule has 2 aliphatic carbocycles. The molecule has 377 valence electrons. The molecule has 0 bridgehead atoms. The van der Waals surface area contributed by atoms with Crippen molar-refractivity contribution in [3.05, 3.63) is 148 Å². The molecule has 6 aromatic rings. The van der Waals surface area contributed by atoms with Gasteiger partial charge >= 0.3 is 455 Å². The Hall–Kier alpha value is -2.65. The van der Waals surface area contributed by atoms with Gasteiger partial charge in [-0.1, -0.05) is 0 Å². The maximum absolute atomic E-state index is 9.73. The molecule has 2 unspecified atom stereocenters. The molecule has 0 nitrogen and oxygen atoms in total. The molecule has 3 aliphatic rings. The van der Waals surface area contributed by atoms with Gasteiger partial charge in [0, 0.05) is 0 Å². The number of aryl methyl sites for hydroxylation is 2. The number of rotatable bonds is 13. The van der Waals surface area contributed by atoms with Crippen LogP contribution < -0.4 is 34.4 Å². The SMILES string of the molecule is Cc1ccc2c(c1-c1cc([Si](C)(C)C)cc([Si](C)(C)C)c1)C=C(CC(C)C)[CH]2[Zr]([Cl])([Cl])([c]1cccc2c1[SiH2]c1ccccc1-2)[CH]1C(CC(C)C)=Cc2c1ccc(C)c2-c1cc([Si](C)(C)C)cc([Si](C)(C)C)c1. The zero-order chi connectivity index (χ0) is 52.4. The van der Waals surface area contributed by atoms with Crippen LogP contribution in [0.5, 0.6) is 0 Å². The number of allylic oxidation sites excluding steroid dienone is 2. The summed E-state index contributed by atoms with van der Waals surface area (Å²) in [6.45, 7) is 44.4. The molecule has 8 heteroatoms. The van der Waals surface area contributed by atoms with Crippen molar-refractivity contribution >= 4 is 105 Å². The van der Waals surface area contributed by atoms with E-state index in [4.69, 9.17) is 0 Å². The first-order valence-corrected chi connectivity index (χ1v) is 53.0. The topological polar surface area (TPSA) is 0 Å². The third kappa shape index (κ3) is 9.53. The van der Waals surface area contributed by atoms with Gasteiger partial charge in [-0.25, -0.2) is 0 Å². The van der Waals surface area contributed by atoms with Crippen molar-refractivity contribution in [3.8, 4) is 33.4 Å². The summed E-state index contributed by atoms with van der Waals surface area (Å²) in [7, 11) is 11.8. The van der Waals surface area contributed by atoms with Gasteiger partial charge in [0.25, 0.3) is 0 Å². The molecule has 0 saturated carbocycles. The average molecular weight is 1150 g/mol. The Morgan fingerprint density at radius 3 is 1.26 bits per heavy atom. The van der Waals surface area contributed by atoms with E-state index >= 15 is 0 Å². The summed E-state index contributed by atoms with van der Waals surface area (Å²) in [5.41, 5.74) is 19.2. The molecule has 0 fully saturated rings. The molecular formula is C64H83Cl2Si5Zr. The van der Waals surface area contributed by atoms with Crippen LogP contribution >= 0.6 is 17.0 Å². The standard InChI is InChI=1S/2C26H37Si2.C12H9Si.2ClH.Zr/c2*1-18(2)12-20-13-21-11-10-19(3)26(25(21)14-20)22-15-23(27(4,5)6)17-24(16-22)28(7,8)9;1-3-7-11-9(5-1)10-6-2-4-8-12(10)13-11;;;/h2*10-11,13-18H,12H2,1-9H3;1-7H,13H2;2*1H;/q;;;;;+2/p-2. The summed E-state index contributed by atoms with van der Waals surface area (Å²) in [5.74, 6) is 0.850. The van der Waals surface area contributed by atoms with Gasteiger partial charge in [-0.3, -0.25) is 0 Å². The minimum absolute atomic E-state index is 0.114. The molecule has 0 spiro atoms. The third-order valence-corrected chi connectivity index (χ3v) is 47.5. The fourth-order valence-electron chi connectivity index (χ4n) is 12.9. The van der Waals surface area contributed by atoms with Crippen LogP contribution in [-0.4, -0.2) is 41.8 Å². The quantitative estimate of drug-likeness (QED) is 0.101. The Morgan fingerprint density at radius 2 is 0.875 bits per heavy atom. The van der Waals surface area contributed by atoms with E-state index in [-0.39, 0.29) is 7.25 Å². The first kappa shape index (κ1) is 54.1. The van der Waals surface area contributed by atoms with E-state index in [0.717, 1.165) is 12.8 Å². The number of hydrogen-bond donors (Lipinski definition) is 0. The summed E-state index contributed by atoms with van der Waals surface area (Å²) in [6, 6.07) is 41.7. The summed E-state index contributed by atoms with van der Waals surface area (Å²) < 4.78 is 1.10. The fraction of sp³-hybridized carbons (Fsp3) is 0.375. The van der Waals surface area contributed by atoms with Crippen LogP contribution in [0.2, 0.25) is 78.6 Å². The Labute approximate surface area is 450 Å². The number of halogens is 2. The molecule has 0 amide bonds. The van der Waals surface area contributed by atoms with E-state index in [1.165, 1.54) is 91.6 Å². The van der Waals surface area contributed by atoms with Crippen molar-refractivity contribution < 1.29 is 16.4 Å². The fourth-order valence-corrected chi connectivity index (χ4v) is 45.8. The Bertz CT molecular complexity index is 3010. The molecule has 72 heavy (non-hydrogen) atoms. The van der Waals surface area contributed by atoms with Crippen molar-refractivity contribution in [2.24, 2.45) is 11.8 Å². The van der Waals surface area contributed by atoms with Crippen LogP contribution in [0.1, 0.15) is 81.2 Å². The van der Waals surface area contributed by atoms with Crippen molar-refractivity contribution in [1.29, 1.82) is 0 Å². The van der Waals surface area contributed by atoms with Crippen LogP contribution in [-0.2, 0) is 16.4 Å². The molecule has 1 aliphatic heterocycles. The summed E-state index contributed by atoms with van der Waals surface area (Å²) in [4.78, 5) is 0. The van der Waals surface area contributed by atoms with Gasteiger partial charge in [0.1, 0.15) is 0 Å². The van der Waals surface area contributed by atoms with Crippen LogP contribution in [0, 0.1) is 25.7 Å². The van der Waals surface area contributed by atoms with Crippen molar-refractivity contribution in [1.82, 2.24) is 0 Å². The normalized spacial score (nSPS) is 17.7. The van der Waals surface area contributed by atoms with Crippen LogP contribution in [0.25, 0.3) is 45.5 Å². The van der Waals surface area contributed by atoms with Crippen LogP contribution in [0.15, 0.2) is 114 Å². The first-order valence-electron chi connectivity index (χ1n) is 27.2. The minimum atomic E-state index is -5.83. The molecule has 0 radical (unpaired) electrons. The van der Waals surface area contributed by atoms with Gasteiger partial charge in [0.2, 0.25) is 0 Å². The van der Waals surface area contributed by atoms with Gasteiger partial charge < -0.3 is 0 Å². The second-order valence-corrected chi connectivity index (χ2v) is 70.2. The van der Waals surface area contributed by atoms with Crippen molar-refractivity contribution in [2.75, 3.05) is 0 Å². The van der Waals surface area contributed by atoms with Gasteiger partial charge in [0.05, 0.1) is 0 Å². The Kier molecular flexibility index (Phi) is 14.2. The van der Waals surface area contributed by atoms with Gasteiger partial charge in [-0.05, 0) is 0 Å². The summed E-state index contributed by atoms with van der Waals surface area (Å²) in [5, 5.41) is 9.19. The molecule has 1 heterocycles.